The molecule has 4 aromatic rings. The quantitative estimate of drug-likeness (QED) is 0.280. The number of para-hydroxylation sites is 1. The molecule has 2 aromatic heterocycles. The molecule has 12 heteroatoms. The lowest BCUT2D eigenvalue weighted by Gasteiger charge is -2.26. The van der Waals surface area contributed by atoms with Crippen molar-refractivity contribution in [2.45, 2.75) is 24.8 Å². The Balaban J connectivity index is 1.62. The number of rotatable bonds is 8. The Morgan fingerprint density at radius 1 is 1.10 bits per heavy atom. The molecule has 1 aliphatic rings. The van der Waals surface area contributed by atoms with Crippen molar-refractivity contribution in [2.75, 3.05) is 45.4 Å². The highest BCUT2D eigenvalue weighted by Crippen LogP contribution is 2.35. The Labute approximate surface area is 227 Å². The molecule has 0 spiro atoms. The van der Waals surface area contributed by atoms with Gasteiger partial charge in [-0.15, -0.1) is 0 Å². The Morgan fingerprint density at radius 2 is 1.87 bits per heavy atom. The van der Waals surface area contributed by atoms with Crippen LogP contribution in [-0.4, -0.2) is 73.2 Å². The van der Waals surface area contributed by atoms with Gasteiger partial charge in [0.05, 0.1) is 23.9 Å². The summed E-state index contributed by atoms with van der Waals surface area (Å²) in [6.07, 6.45) is 2.51. The van der Waals surface area contributed by atoms with Crippen molar-refractivity contribution in [1.82, 2.24) is 24.2 Å². The largest absolute Gasteiger partial charge is 0.495 e. The number of sulfonamides is 1. The van der Waals surface area contributed by atoms with Gasteiger partial charge in [0.1, 0.15) is 22.1 Å². The van der Waals surface area contributed by atoms with Crippen molar-refractivity contribution in [3.8, 4) is 5.75 Å². The molecular formula is C27H31N7O4S. The zero-order valence-electron chi connectivity index (χ0n) is 22.5. The van der Waals surface area contributed by atoms with Crippen molar-refractivity contribution >= 4 is 50.0 Å². The predicted octanol–water partition coefficient (Wildman–Crippen LogP) is 3.89. The molecule has 0 fully saturated rings. The number of H-pyrrole nitrogens is 1. The number of aromatic amines is 1. The van der Waals surface area contributed by atoms with Crippen LogP contribution in [0.3, 0.4) is 0 Å². The number of methoxy groups -OCH3 is 1. The molecule has 0 aliphatic carbocycles. The first kappa shape index (κ1) is 26.6. The second kappa shape index (κ2) is 10.3. The number of carbonyl (C=O) groups excluding carboxylic acids is 1. The molecule has 0 saturated heterocycles. The number of nitrogens with zero attached hydrogens (tertiary/aromatic N) is 4. The lowest BCUT2D eigenvalue weighted by molar-refractivity contribution is 0.101. The third-order valence-corrected chi connectivity index (χ3v) is 8.65. The zero-order chi connectivity index (χ0) is 27.9. The molecule has 0 saturated carbocycles. The molecule has 11 nitrogen and oxygen atoms in total. The van der Waals surface area contributed by atoms with E-state index in [2.05, 4.69) is 32.5 Å². The minimum atomic E-state index is -3.76. The Morgan fingerprint density at radius 3 is 2.59 bits per heavy atom. The summed E-state index contributed by atoms with van der Waals surface area (Å²) in [4.78, 5) is 27.1. The summed E-state index contributed by atoms with van der Waals surface area (Å²) in [5.41, 5.74) is 4.26. The van der Waals surface area contributed by atoms with Gasteiger partial charge in [-0.25, -0.2) is 12.7 Å². The summed E-state index contributed by atoms with van der Waals surface area (Å²) in [6.45, 7) is 3.25. The second-order valence-electron chi connectivity index (χ2n) is 9.72. The minimum absolute atomic E-state index is 0.0802. The highest BCUT2D eigenvalue weighted by atomic mass is 32.2. The SMILES string of the molecule is COc1cc2c(cc1Nc1nc(Nc3ccccc3S(=O)(=O)N(C)C)c3c(C(C)=O)c[nH]c3n1)CN(C)CC2. The van der Waals surface area contributed by atoms with Gasteiger partial charge in [0.15, 0.2) is 5.78 Å². The standard InChI is InChI=1S/C27H31N7O4S/c1-16(35)19-14-28-25-24(19)26(29-20-8-6-7-9-23(20)39(36,37)33(2)3)32-27(31-25)30-21-12-18-15-34(4)11-10-17(18)13-22(21)38-5/h6-9,12-14H,10-11,15H2,1-5H3,(H3,28,29,30,31,32). The smallest absolute Gasteiger partial charge is 0.244 e. The van der Waals surface area contributed by atoms with E-state index in [4.69, 9.17) is 9.72 Å². The number of Topliss-reactive ketones (excluding diaryl/α,β-unsaturated/α-hetero) is 1. The number of nitrogens with one attached hydrogen (secondary N) is 3. The van der Waals surface area contributed by atoms with Crippen LogP contribution in [0.4, 0.5) is 23.1 Å². The van der Waals surface area contributed by atoms with Gasteiger partial charge in [0, 0.05) is 38.9 Å². The third-order valence-electron chi connectivity index (χ3n) is 6.78. The van der Waals surface area contributed by atoms with Gasteiger partial charge in [-0.05, 0) is 55.8 Å². The Kier molecular flexibility index (Phi) is 7.02. The average Bonchev–Trinajstić information content (AvgIpc) is 3.33. The lowest BCUT2D eigenvalue weighted by atomic mass is 9.99. The molecule has 1 aliphatic heterocycles. The molecule has 0 atom stereocenters. The number of hydrogen-bond acceptors (Lipinski definition) is 9. The van der Waals surface area contributed by atoms with Gasteiger partial charge in [0.2, 0.25) is 16.0 Å². The number of likely N-dealkylation sites (N-methyl/N-ethyl adjacent to an activating group) is 1. The van der Waals surface area contributed by atoms with Gasteiger partial charge in [0.25, 0.3) is 0 Å². The van der Waals surface area contributed by atoms with Gasteiger partial charge >= 0.3 is 0 Å². The molecule has 0 radical (unpaired) electrons. The highest BCUT2D eigenvalue weighted by Gasteiger charge is 2.24. The maximum atomic E-state index is 13.0. The molecule has 0 bridgehead atoms. The Hall–Kier alpha value is -4.00. The number of hydrogen-bond donors (Lipinski definition) is 3. The normalized spacial score (nSPS) is 13.9. The number of benzene rings is 2. The van der Waals surface area contributed by atoms with Gasteiger partial charge < -0.3 is 25.3 Å². The van der Waals surface area contributed by atoms with E-state index in [9.17, 15) is 13.2 Å². The van der Waals surface area contributed by atoms with Crippen molar-refractivity contribution in [1.29, 1.82) is 0 Å². The number of ether oxygens (including phenoxy) is 1. The van der Waals surface area contributed by atoms with Crippen molar-refractivity contribution in [3.05, 3.63) is 59.3 Å². The van der Waals surface area contributed by atoms with Crippen LogP contribution in [0.5, 0.6) is 5.75 Å². The van der Waals surface area contributed by atoms with Gasteiger partial charge in [-0.3, -0.25) is 4.79 Å². The summed E-state index contributed by atoms with van der Waals surface area (Å²) in [6, 6.07) is 10.6. The van der Waals surface area contributed by atoms with Crippen molar-refractivity contribution in [3.63, 3.8) is 0 Å². The summed E-state index contributed by atoms with van der Waals surface area (Å²) in [5.74, 6) is 1.02. The van der Waals surface area contributed by atoms with E-state index >= 15 is 0 Å². The maximum absolute atomic E-state index is 13.0. The maximum Gasteiger partial charge on any atom is 0.244 e. The second-order valence-corrected chi connectivity index (χ2v) is 11.8. The van der Waals surface area contributed by atoms with E-state index in [1.807, 2.05) is 12.1 Å². The van der Waals surface area contributed by atoms with E-state index in [1.165, 1.54) is 38.2 Å². The number of ketones is 1. The number of fused-ring (bicyclic) bond motifs is 2. The summed E-state index contributed by atoms with van der Waals surface area (Å²) >= 11 is 0. The highest BCUT2D eigenvalue weighted by molar-refractivity contribution is 7.89. The van der Waals surface area contributed by atoms with Crippen LogP contribution >= 0.6 is 0 Å². The first-order valence-electron chi connectivity index (χ1n) is 12.4. The first-order valence-corrected chi connectivity index (χ1v) is 13.9. The number of anilines is 4. The van der Waals surface area contributed by atoms with Crippen LogP contribution in [0, 0.1) is 0 Å². The van der Waals surface area contributed by atoms with Crippen molar-refractivity contribution < 1.29 is 17.9 Å². The molecule has 2 aromatic carbocycles. The van der Waals surface area contributed by atoms with Crippen molar-refractivity contribution in [2.24, 2.45) is 0 Å². The molecule has 5 rings (SSSR count). The van der Waals surface area contributed by atoms with Crippen LogP contribution in [0.15, 0.2) is 47.5 Å². The van der Waals surface area contributed by atoms with E-state index in [0.29, 0.717) is 33.7 Å². The molecule has 39 heavy (non-hydrogen) atoms. The average molecular weight is 550 g/mol. The minimum Gasteiger partial charge on any atom is -0.495 e. The van der Waals surface area contributed by atoms with E-state index in [-0.39, 0.29) is 22.4 Å². The van der Waals surface area contributed by atoms with E-state index in [1.54, 1.807) is 31.5 Å². The Bertz CT molecular complexity index is 1680. The van der Waals surface area contributed by atoms with Gasteiger partial charge in [-0.2, -0.15) is 9.97 Å². The zero-order valence-corrected chi connectivity index (χ0v) is 23.3. The van der Waals surface area contributed by atoms with Crippen LogP contribution < -0.4 is 15.4 Å². The molecule has 0 amide bonds. The topological polar surface area (TPSA) is 133 Å². The van der Waals surface area contributed by atoms with Crippen LogP contribution in [0.25, 0.3) is 11.0 Å². The molecule has 3 N–H and O–H groups in total. The fourth-order valence-corrected chi connectivity index (χ4v) is 5.73. The molecule has 3 heterocycles. The lowest BCUT2D eigenvalue weighted by Crippen LogP contribution is -2.26. The fraction of sp³-hybridized carbons (Fsp3) is 0.296. The monoisotopic (exact) mass is 549 g/mol. The molecule has 204 valence electrons. The van der Waals surface area contributed by atoms with Crippen LogP contribution in [0.2, 0.25) is 0 Å². The van der Waals surface area contributed by atoms with E-state index < -0.39 is 10.0 Å². The third kappa shape index (κ3) is 5.05. The predicted molar refractivity (Wildman–Crippen MR) is 151 cm³/mol. The summed E-state index contributed by atoms with van der Waals surface area (Å²) in [5, 5.41) is 6.89. The summed E-state index contributed by atoms with van der Waals surface area (Å²) < 4.78 is 32.8. The van der Waals surface area contributed by atoms with Crippen LogP contribution in [-0.2, 0) is 23.0 Å². The first-order chi connectivity index (χ1) is 18.6. The number of carbonyl (C=O) groups is 1. The fourth-order valence-electron chi connectivity index (χ4n) is 4.69. The molecular weight excluding hydrogens is 518 g/mol. The summed E-state index contributed by atoms with van der Waals surface area (Å²) in [7, 11) is 2.89. The molecule has 0 unspecified atom stereocenters. The van der Waals surface area contributed by atoms with Crippen LogP contribution in [0.1, 0.15) is 28.4 Å². The number of aromatic nitrogens is 3. The van der Waals surface area contributed by atoms with Gasteiger partial charge in [-0.1, -0.05) is 12.1 Å². The van der Waals surface area contributed by atoms with E-state index in [0.717, 1.165) is 23.8 Å².